The molecule has 0 aliphatic carbocycles. The number of thiazole rings is 1. The molecule has 3 aromatic rings. The van der Waals surface area contributed by atoms with Crippen LogP contribution in [0.2, 0.25) is 0 Å². The molecule has 4 rings (SSSR count). The number of halogens is 1. The van der Waals surface area contributed by atoms with Gasteiger partial charge in [-0.2, -0.15) is 9.61 Å². The molecule has 5 nitrogen and oxygen atoms in total. The number of aromatic hydroxyl groups is 1. The largest absolute Gasteiger partial charge is 0.492 e. The van der Waals surface area contributed by atoms with Gasteiger partial charge >= 0.3 is 0 Å². The molecule has 0 saturated carbocycles. The van der Waals surface area contributed by atoms with Crippen LogP contribution in [0, 0.1) is 5.82 Å². The van der Waals surface area contributed by atoms with E-state index in [0.717, 1.165) is 25.9 Å². The van der Waals surface area contributed by atoms with Gasteiger partial charge in [0.1, 0.15) is 12.1 Å². The maximum absolute atomic E-state index is 14.5. The van der Waals surface area contributed by atoms with Crippen LogP contribution in [0.4, 0.5) is 4.39 Å². The van der Waals surface area contributed by atoms with Gasteiger partial charge in [0.25, 0.3) is 0 Å². The number of aromatic nitrogens is 3. The van der Waals surface area contributed by atoms with Gasteiger partial charge in [0.15, 0.2) is 0 Å². The molecule has 1 saturated heterocycles. The van der Waals surface area contributed by atoms with E-state index in [1.54, 1.807) is 12.1 Å². The van der Waals surface area contributed by atoms with Crippen LogP contribution < -0.4 is 0 Å². The molecule has 1 aliphatic rings. The highest BCUT2D eigenvalue weighted by Crippen LogP contribution is 2.41. The molecule has 1 atom stereocenters. The molecule has 0 bridgehead atoms. The van der Waals surface area contributed by atoms with Crippen LogP contribution >= 0.6 is 11.3 Å². The van der Waals surface area contributed by atoms with E-state index >= 15 is 0 Å². The molecule has 120 valence electrons. The lowest BCUT2D eigenvalue weighted by molar-refractivity contribution is 0.184. The zero-order valence-electron chi connectivity index (χ0n) is 12.5. The van der Waals surface area contributed by atoms with Gasteiger partial charge in [-0.25, -0.2) is 9.37 Å². The SMILES string of the molecule is Oc1c(C(c2ccccc2F)N2CCCCC2)sc2ncnn12. The molecule has 0 amide bonds. The quantitative estimate of drug-likeness (QED) is 0.800. The Morgan fingerprint density at radius 1 is 1.17 bits per heavy atom. The van der Waals surface area contributed by atoms with Gasteiger partial charge in [-0.3, -0.25) is 4.90 Å². The second-order valence-corrected chi connectivity index (χ2v) is 6.77. The zero-order valence-corrected chi connectivity index (χ0v) is 13.3. The zero-order chi connectivity index (χ0) is 15.8. The van der Waals surface area contributed by atoms with E-state index in [2.05, 4.69) is 15.0 Å². The van der Waals surface area contributed by atoms with Crippen LogP contribution in [0.25, 0.3) is 4.96 Å². The fourth-order valence-corrected chi connectivity index (χ4v) is 4.33. The molecule has 1 N–H and O–H groups in total. The van der Waals surface area contributed by atoms with Crippen LogP contribution in [0.5, 0.6) is 5.88 Å². The molecule has 23 heavy (non-hydrogen) atoms. The van der Waals surface area contributed by atoms with Crippen molar-refractivity contribution < 1.29 is 9.50 Å². The van der Waals surface area contributed by atoms with Gasteiger partial charge in [0, 0.05) is 5.56 Å². The fourth-order valence-electron chi connectivity index (χ4n) is 3.25. The van der Waals surface area contributed by atoms with Crippen molar-refractivity contribution in [2.45, 2.75) is 25.3 Å². The Labute approximate surface area is 137 Å². The van der Waals surface area contributed by atoms with Crippen LogP contribution in [0.1, 0.15) is 35.7 Å². The van der Waals surface area contributed by atoms with E-state index in [1.807, 2.05) is 6.07 Å². The van der Waals surface area contributed by atoms with Crippen molar-refractivity contribution in [3.63, 3.8) is 0 Å². The minimum absolute atomic E-state index is 0.0568. The molecule has 1 fully saturated rings. The van der Waals surface area contributed by atoms with E-state index < -0.39 is 0 Å². The highest BCUT2D eigenvalue weighted by atomic mass is 32.1. The number of likely N-dealkylation sites (tertiary alicyclic amines) is 1. The number of nitrogens with zero attached hydrogens (tertiary/aromatic N) is 4. The monoisotopic (exact) mass is 332 g/mol. The summed E-state index contributed by atoms with van der Waals surface area (Å²) in [5.41, 5.74) is 0.592. The van der Waals surface area contributed by atoms with Gasteiger partial charge in [0.05, 0.1) is 10.9 Å². The Balaban J connectivity index is 1.85. The third kappa shape index (κ3) is 2.49. The maximum Gasteiger partial charge on any atom is 0.230 e. The Kier molecular flexibility index (Phi) is 3.74. The van der Waals surface area contributed by atoms with Gasteiger partial charge in [-0.1, -0.05) is 36.0 Å². The fraction of sp³-hybridized carbons (Fsp3) is 0.375. The summed E-state index contributed by atoms with van der Waals surface area (Å²) in [6.45, 7) is 1.79. The van der Waals surface area contributed by atoms with Crippen LogP contribution in [0.15, 0.2) is 30.6 Å². The van der Waals surface area contributed by atoms with E-state index in [0.29, 0.717) is 15.4 Å². The summed E-state index contributed by atoms with van der Waals surface area (Å²) < 4.78 is 15.9. The summed E-state index contributed by atoms with van der Waals surface area (Å²) in [4.78, 5) is 7.71. The molecule has 1 aromatic carbocycles. The average Bonchev–Trinajstić information content (AvgIpc) is 3.15. The number of fused-ring (bicyclic) bond motifs is 1. The highest BCUT2D eigenvalue weighted by Gasteiger charge is 2.31. The summed E-state index contributed by atoms with van der Waals surface area (Å²) >= 11 is 1.37. The van der Waals surface area contributed by atoms with Gasteiger partial charge in [-0.15, -0.1) is 0 Å². The molecule has 1 aliphatic heterocycles. The van der Waals surface area contributed by atoms with Crippen molar-refractivity contribution in [1.29, 1.82) is 0 Å². The second-order valence-electron chi connectivity index (χ2n) is 5.77. The lowest BCUT2D eigenvalue weighted by Gasteiger charge is -2.34. The Morgan fingerprint density at radius 2 is 1.96 bits per heavy atom. The number of benzene rings is 1. The topological polar surface area (TPSA) is 53.7 Å². The summed E-state index contributed by atoms with van der Waals surface area (Å²) in [6, 6.07) is 6.49. The number of hydrogen-bond acceptors (Lipinski definition) is 5. The number of hydrogen-bond donors (Lipinski definition) is 1. The normalized spacial score (nSPS) is 17.6. The Hall–Kier alpha value is -1.99. The van der Waals surface area contributed by atoms with Crippen molar-refractivity contribution in [2.24, 2.45) is 0 Å². The lowest BCUT2D eigenvalue weighted by Crippen LogP contribution is -2.34. The van der Waals surface area contributed by atoms with Crippen LogP contribution in [-0.4, -0.2) is 37.7 Å². The molecular formula is C16H17FN4OS. The molecule has 0 radical (unpaired) electrons. The molecule has 1 unspecified atom stereocenters. The van der Waals surface area contributed by atoms with E-state index in [1.165, 1.54) is 34.7 Å². The maximum atomic E-state index is 14.5. The Bertz CT molecular complexity index is 824. The van der Waals surface area contributed by atoms with Crippen LogP contribution in [0.3, 0.4) is 0 Å². The minimum atomic E-state index is -0.301. The predicted octanol–water partition coefficient (Wildman–Crippen LogP) is 3.21. The standard InChI is InChI=1S/C16H17FN4OS/c17-12-7-3-2-6-11(12)13(20-8-4-1-5-9-20)14-15(22)21-16(23-14)18-10-19-21/h2-3,6-7,10,13,22H,1,4-5,8-9H2. The first-order valence-corrected chi connectivity index (χ1v) is 8.57. The summed E-state index contributed by atoms with van der Waals surface area (Å²) in [5.74, 6) is -0.192. The smallest absolute Gasteiger partial charge is 0.230 e. The molecule has 3 heterocycles. The van der Waals surface area contributed by atoms with Gasteiger partial charge < -0.3 is 5.11 Å². The number of rotatable bonds is 3. The number of piperidine rings is 1. The van der Waals surface area contributed by atoms with E-state index in [9.17, 15) is 9.50 Å². The summed E-state index contributed by atoms with van der Waals surface area (Å²) in [7, 11) is 0. The molecule has 0 spiro atoms. The Morgan fingerprint density at radius 3 is 2.70 bits per heavy atom. The van der Waals surface area contributed by atoms with Gasteiger partial charge in [-0.05, 0) is 32.0 Å². The van der Waals surface area contributed by atoms with Crippen molar-refractivity contribution >= 4 is 16.3 Å². The molecule has 7 heteroatoms. The summed E-state index contributed by atoms with van der Waals surface area (Å²) in [5, 5.41) is 14.6. The van der Waals surface area contributed by atoms with Crippen molar-refractivity contribution in [1.82, 2.24) is 19.5 Å². The first kappa shape index (κ1) is 14.6. The third-order valence-electron chi connectivity index (χ3n) is 4.34. The lowest BCUT2D eigenvalue weighted by atomic mass is 10.00. The molecular weight excluding hydrogens is 315 g/mol. The van der Waals surface area contributed by atoms with Crippen molar-refractivity contribution in [3.05, 3.63) is 46.9 Å². The van der Waals surface area contributed by atoms with E-state index in [4.69, 9.17) is 0 Å². The minimum Gasteiger partial charge on any atom is -0.492 e. The predicted molar refractivity (Wildman–Crippen MR) is 86.2 cm³/mol. The average molecular weight is 332 g/mol. The van der Waals surface area contributed by atoms with Gasteiger partial charge in [0.2, 0.25) is 10.8 Å². The summed E-state index contributed by atoms with van der Waals surface area (Å²) in [6.07, 6.45) is 4.79. The third-order valence-corrected chi connectivity index (χ3v) is 5.43. The molecule has 2 aromatic heterocycles. The van der Waals surface area contributed by atoms with E-state index in [-0.39, 0.29) is 17.7 Å². The van der Waals surface area contributed by atoms with Crippen molar-refractivity contribution in [3.8, 4) is 5.88 Å². The van der Waals surface area contributed by atoms with Crippen molar-refractivity contribution in [2.75, 3.05) is 13.1 Å². The van der Waals surface area contributed by atoms with Crippen LogP contribution in [-0.2, 0) is 0 Å². The first-order chi connectivity index (χ1) is 11.3. The first-order valence-electron chi connectivity index (χ1n) is 7.75. The second kappa shape index (κ2) is 5.90. The highest BCUT2D eigenvalue weighted by molar-refractivity contribution is 7.17.